The Morgan fingerprint density at radius 2 is 1.89 bits per heavy atom. The highest BCUT2D eigenvalue weighted by atomic mass is 79.9. The molecule has 1 amide bonds. The number of amides is 1. The zero-order chi connectivity index (χ0) is 19.1. The Bertz CT molecular complexity index is 768. The summed E-state index contributed by atoms with van der Waals surface area (Å²) in [7, 11) is 0. The minimum atomic E-state index is -0.0413. The molecule has 5 aliphatic rings. The van der Waals surface area contributed by atoms with Crippen molar-refractivity contribution < 1.29 is 14.3 Å². The van der Waals surface area contributed by atoms with Gasteiger partial charge in [0.15, 0.2) is 0 Å². The normalized spacial score (nSPS) is 32.5. The van der Waals surface area contributed by atoms with E-state index in [2.05, 4.69) is 21.2 Å². The number of halogens is 1. The molecule has 0 spiro atoms. The van der Waals surface area contributed by atoms with Crippen molar-refractivity contribution in [2.75, 3.05) is 19.8 Å². The van der Waals surface area contributed by atoms with E-state index in [-0.39, 0.29) is 11.5 Å². The van der Waals surface area contributed by atoms with Gasteiger partial charge in [0.25, 0.3) is 5.91 Å². The van der Waals surface area contributed by atoms with Gasteiger partial charge in [-0.25, -0.2) is 0 Å². The highest BCUT2D eigenvalue weighted by Crippen LogP contribution is 2.57. The number of hydrogen-bond acceptors (Lipinski definition) is 3. The summed E-state index contributed by atoms with van der Waals surface area (Å²) in [4.78, 5) is 12.5. The number of benzene rings is 1. The molecule has 0 atom stereocenters. The fourth-order valence-electron chi connectivity index (χ4n) is 6.16. The molecule has 1 aromatic carbocycles. The molecule has 1 heterocycles. The van der Waals surface area contributed by atoms with E-state index in [1.54, 1.807) is 0 Å². The molecule has 4 bridgehead atoms. The maximum Gasteiger partial charge on any atom is 0.250 e. The SMILES string of the molecule is O=C(NCCCOC12CC3CC(CC(C3)C1)C2)C1=Cc2cc(Br)ccc2OC1. The Kier molecular flexibility index (Phi) is 5.00. The number of ether oxygens (including phenoxy) is 2. The van der Waals surface area contributed by atoms with E-state index in [4.69, 9.17) is 9.47 Å². The maximum atomic E-state index is 12.5. The Morgan fingerprint density at radius 3 is 2.61 bits per heavy atom. The zero-order valence-corrected chi connectivity index (χ0v) is 17.8. The van der Waals surface area contributed by atoms with Crippen molar-refractivity contribution in [2.24, 2.45) is 17.8 Å². The number of carbonyl (C=O) groups excluding carboxylic acids is 1. The first-order valence-corrected chi connectivity index (χ1v) is 11.4. The van der Waals surface area contributed by atoms with E-state index in [9.17, 15) is 4.79 Å². The molecule has 6 rings (SSSR count). The third-order valence-corrected chi connectivity index (χ3v) is 7.47. The highest BCUT2D eigenvalue weighted by Gasteiger charge is 2.51. The molecule has 4 fully saturated rings. The van der Waals surface area contributed by atoms with Gasteiger partial charge in [-0.1, -0.05) is 15.9 Å². The van der Waals surface area contributed by atoms with Crippen LogP contribution in [0.1, 0.15) is 50.5 Å². The summed E-state index contributed by atoms with van der Waals surface area (Å²) in [5.74, 6) is 3.51. The minimum absolute atomic E-state index is 0.0413. The number of fused-ring (bicyclic) bond motifs is 1. The number of hydrogen-bond donors (Lipinski definition) is 1. The lowest BCUT2D eigenvalue weighted by Crippen LogP contribution is -2.52. The predicted octanol–water partition coefficient (Wildman–Crippen LogP) is 4.72. The first kappa shape index (κ1) is 18.7. The van der Waals surface area contributed by atoms with Crippen LogP contribution in [0.4, 0.5) is 0 Å². The third-order valence-electron chi connectivity index (χ3n) is 6.97. The van der Waals surface area contributed by atoms with Crippen molar-refractivity contribution >= 4 is 27.9 Å². The molecule has 0 radical (unpaired) electrons. The zero-order valence-electron chi connectivity index (χ0n) is 16.2. The van der Waals surface area contributed by atoms with Crippen LogP contribution >= 0.6 is 15.9 Å². The molecule has 0 saturated heterocycles. The number of rotatable bonds is 6. The average Bonchev–Trinajstić information content (AvgIpc) is 2.65. The van der Waals surface area contributed by atoms with Gasteiger partial charge >= 0.3 is 0 Å². The summed E-state index contributed by atoms with van der Waals surface area (Å²) < 4.78 is 13.1. The Hall–Kier alpha value is -1.33. The summed E-state index contributed by atoms with van der Waals surface area (Å²) >= 11 is 3.46. The van der Waals surface area contributed by atoms with E-state index < -0.39 is 0 Å². The monoisotopic (exact) mass is 445 g/mol. The molecular weight excluding hydrogens is 418 g/mol. The van der Waals surface area contributed by atoms with Gasteiger partial charge in [-0.15, -0.1) is 0 Å². The van der Waals surface area contributed by atoms with Crippen molar-refractivity contribution in [3.63, 3.8) is 0 Å². The fraction of sp³-hybridized carbons (Fsp3) is 0.609. The lowest BCUT2D eigenvalue weighted by atomic mass is 9.54. The maximum absolute atomic E-state index is 12.5. The second-order valence-corrected chi connectivity index (χ2v) is 10.1. The van der Waals surface area contributed by atoms with E-state index in [1.807, 2.05) is 24.3 Å². The minimum Gasteiger partial charge on any atom is -0.488 e. The van der Waals surface area contributed by atoms with Crippen LogP contribution in [-0.2, 0) is 9.53 Å². The molecule has 150 valence electrons. The molecule has 1 aromatic rings. The van der Waals surface area contributed by atoms with Gasteiger partial charge < -0.3 is 14.8 Å². The highest BCUT2D eigenvalue weighted by molar-refractivity contribution is 9.10. The third kappa shape index (κ3) is 3.76. The first-order valence-electron chi connectivity index (χ1n) is 10.6. The molecule has 4 saturated carbocycles. The molecule has 0 aromatic heterocycles. The fourth-order valence-corrected chi connectivity index (χ4v) is 6.54. The molecule has 0 unspecified atom stereocenters. The van der Waals surface area contributed by atoms with E-state index in [0.717, 1.165) is 46.6 Å². The molecule has 5 heteroatoms. The van der Waals surface area contributed by atoms with Gasteiger partial charge in [-0.05, 0) is 87.0 Å². The van der Waals surface area contributed by atoms with Crippen molar-refractivity contribution in [2.45, 2.75) is 50.5 Å². The van der Waals surface area contributed by atoms with Crippen molar-refractivity contribution in [1.29, 1.82) is 0 Å². The van der Waals surface area contributed by atoms with Crippen LogP contribution < -0.4 is 10.1 Å². The lowest BCUT2D eigenvalue weighted by Gasteiger charge is -2.56. The van der Waals surface area contributed by atoms with Gasteiger partial charge in [-0.3, -0.25) is 4.79 Å². The van der Waals surface area contributed by atoms with Crippen LogP contribution in [0.3, 0.4) is 0 Å². The first-order chi connectivity index (χ1) is 13.6. The largest absolute Gasteiger partial charge is 0.488 e. The van der Waals surface area contributed by atoms with Gasteiger partial charge in [0.1, 0.15) is 12.4 Å². The van der Waals surface area contributed by atoms with Crippen LogP contribution in [0.25, 0.3) is 6.08 Å². The molecule has 1 N–H and O–H groups in total. The van der Waals surface area contributed by atoms with E-state index >= 15 is 0 Å². The van der Waals surface area contributed by atoms with Crippen LogP contribution in [0.2, 0.25) is 0 Å². The van der Waals surface area contributed by atoms with E-state index in [0.29, 0.717) is 18.7 Å². The summed E-state index contributed by atoms with van der Waals surface area (Å²) in [6.45, 7) is 1.72. The van der Waals surface area contributed by atoms with Crippen molar-refractivity contribution in [3.05, 3.63) is 33.8 Å². The summed E-state index contributed by atoms with van der Waals surface area (Å²) in [6.07, 6.45) is 10.9. The summed E-state index contributed by atoms with van der Waals surface area (Å²) in [6, 6.07) is 5.84. The second-order valence-electron chi connectivity index (χ2n) is 9.20. The smallest absolute Gasteiger partial charge is 0.250 e. The number of nitrogens with one attached hydrogen (secondary N) is 1. The lowest BCUT2D eigenvalue weighted by molar-refractivity contribution is -0.162. The molecule has 4 aliphatic carbocycles. The molecule has 1 aliphatic heterocycles. The second kappa shape index (κ2) is 7.49. The van der Waals surface area contributed by atoms with Crippen molar-refractivity contribution in [1.82, 2.24) is 5.32 Å². The van der Waals surface area contributed by atoms with Crippen LogP contribution in [0, 0.1) is 17.8 Å². The number of carbonyl (C=O) groups is 1. The molecule has 28 heavy (non-hydrogen) atoms. The van der Waals surface area contributed by atoms with Gasteiger partial charge in [0, 0.05) is 23.2 Å². The quantitative estimate of drug-likeness (QED) is 0.644. The average molecular weight is 446 g/mol. The van der Waals surface area contributed by atoms with Gasteiger partial charge in [0.05, 0.1) is 11.2 Å². The Labute approximate surface area is 175 Å². The van der Waals surface area contributed by atoms with Gasteiger partial charge in [-0.2, -0.15) is 0 Å². The molecular formula is C23H28BrNO3. The van der Waals surface area contributed by atoms with E-state index in [1.165, 1.54) is 38.5 Å². The standard InChI is InChI=1S/C23H28BrNO3/c24-20-2-3-21-18(10-20)9-19(14-27-21)22(26)25-4-1-5-28-23-11-15-6-16(12-23)8-17(7-15)13-23/h2-3,9-10,15-17H,1,4-8,11-14H2,(H,25,26). The van der Waals surface area contributed by atoms with Crippen LogP contribution in [0.5, 0.6) is 5.75 Å². The van der Waals surface area contributed by atoms with Crippen molar-refractivity contribution in [3.8, 4) is 5.75 Å². The topological polar surface area (TPSA) is 47.6 Å². The summed E-state index contributed by atoms with van der Waals surface area (Å²) in [5.41, 5.74) is 1.78. The summed E-state index contributed by atoms with van der Waals surface area (Å²) in [5, 5.41) is 3.03. The predicted molar refractivity (Wildman–Crippen MR) is 112 cm³/mol. The molecule has 4 nitrogen and oxygen atoms in total. The van der Waals surface area contributed by atoms with Crippen LogP contribution in [0.15, 0.2) is 28.2 Å². The van der Waals surface area contributed by atoms with Gasteiger partial charge in [0.2, 0.25) is 0 Å². The Morgan fingerprint density at radius 1 is 1.18 bits per heavy atom. The van der Waals surface area contributed by atoms with Crippen LogP contribution in [-0.4, -0.2) is 31.3 Å². The Balaban J connectivity index is 1.09.